The number of carbonyl (C=O) groups is 1. The Kier molecular flexibility index (Phi) is 6.86. The lowest BCUT2D eigenvalue weighted by atomic mass is 10.1. The summed E-state index contributed by atoms with van der Waals surface area (Å²) in [6.07, 6.45) is 5.42. The zero-order chi connectivity index (χ0) is 21.7. The zero-order valence-electron chi connectivity index (χ0n) is 16.0. The van der Waals surface area contributed by atoms with Gasteiger partial charge in [0.1, 0.15) is 5.82 Å². The van der Waals surface area contributed by atoms with E-state index in [0.717, 1.165) is 29.6 Å². The average Bonchev–Trinajstić information content (AvgIpc) is 2.74. The summed E-state index contributed by atoms with van der Waals surface area (Å²) in [6.45, 7) is 1.74. The summed E-state index contributed by atoms with van der Waals surface area (Å²) in [4.78, 5) is 24.7. The van der Waals surface area contributed by atoms with Gasteiger partial charge in [-0.2, -0.15) is 0 Å². The minimum absolute atomic E-state index is 0.0925. The van der Waals surface area contributed by atoms with E-state index in [9.17, 15) is 17.6 Å². The van der Waals surface area contributed by atoms with Crippen LogP contribution in [0.3, 0.4) is 0 Å². The Bertz CT molecular complexity index is 1150. The molecule has 7 nitrogen and oxygen atoms in total. The molecule has 0 saturated carbocycles. The van der Waals surface area contributed by atoms with E-state index in [4.69, 9.17) is 11.6 Å². The number of pyridine rings is 1. The minimum atomic E-state index is -3.89. The van der Waals surface area contributed by atoms with Crippen LogP contribution in [0.4, 0.5) is 4.39 Å². The van der Waals surface area contributed by atoms with Crippen molar-refractivity contribution in [2.75, 3.05) is 0 Å². The number of ketones is 1. The lowest BCUT2D eigenvalue weighted by Gasteiger charge is -2.08. The topological polar surface area (TPSA) is 102 Å². The number of halogens is 2. The summed E-state index contributed by atoms with van der Waals surface area (Å²) in [6, 6.07) is 6.30. The molecule has 1 aromatic carbocycles. The molecule has 3 rings (SSSR count). The Morgan fingerprint density at radius 1 is 1.07 bits per heavy atom. The number of nitrogens with one attached hydrogen (secondary N) is 1. The predicted octanol–water partition coefficient (Wildman–Crippen LogP) is 3.27. The number of aryl methyl sites for hydroxylation is 2. The number of hydrogen-bond donors (Lipinski definition) is 1. The maximum atomic E-state index is 13.2. The van der Waals surface area contributed by atoms with Gasteiger partial charge in [0.05, 0.1) is 33.5 Å². The van der Waals surface area contributed by atoms with Gasteiger partial charge in [0.25, 0.3) is 0 Å². The van der Waals surface area contributed by atoms with Crippen LogP contribution in [0.2, 0.25) is 5.02 Å². The standard InChI is InChI=1S/C20H18ClFN4O3S/c1-13-9-24-15(11-23-13)4-7-20(27)14-2-3-16(25-10-14)12-26-30(28,29)17-5-6-19(22)18(21)8-17/h2-3,5-6,8-11,26H,4,7,12H2,1H3. The Hall–Kier alpha value is -2.75. The second-order valence-electron chi connectivity index (χ2n) is 6.51. The van der Waals surface area contributed by atoms with Crippen molar-refractivity contribution in [2.45, 2.75) is 31.2 Å². The fourth-order valence-corrected chi connectivity index (χ4v) is 3.79. The average molecular weight is 449 g/mol. The third-order valence-electron chi connectivity index (χ3n) is 4.23. The van der Waals surface area contributed by atoms with Crippen molar-refractivity contribution in [1.82, 2.24) is 19.7 Å². The third-order valence-corrected chi connectivity index (χ3v) is 5.92. The summed E-state index contributed by atoms with van der Waals surface area (Å²) in [5.41, 5.74) is 2.39. The summed E-state index contributed by atoms with van der Waals surface area (Å²) in [5, 5.41) is -0.282. The van der Waals surface area contributed by atoms with Gasteiger partial charge in [-0.05, 0) is 43.7 Å². The highest BCUT2D eigenvalue weighted by Gasteiger charge is 2.16. The van der Waals surface area contributed by atoms with Crippen molar-refractivity contribution in [3.8, 4) is 0 Å². The number of rotatable bonds is 8. The molecular formula is C20H18ClFN4O3S. The van der Waals surface area contributed by atoms with Crippen molar-refractivity contribution >= 4 is 27.4 Å². The summed E-state index contributed by atoms with van der Waals surface area (Å²) < 4.78 is 40.2. The molecule has 30 heavy (non-hydrogen) atoms. The molecule has 0 amide bonds. The lowest BCUT2D eigenvalue weighted by molar-refractivity contribution is 0.0982. The molecule has 0 aliphatic heterocycles. The van der Waals surface area contributed by atoms with Gasteiger partial charge in [0.15, 0.2) is 5.78 Å². The maximum absolute atomic E-state index is 13.2. The fourth-order valence-electron chi connectivity index (χ4n) is 2.52. The van der Waals surface area contributed by atoms with E-state index >= 15 is 0 Å². The van der Waals surface area contributed by atoms with E-state index in [0.29, 0.717) is 17.7 Å². The Morgan fingerprint density at radius 3 is 2.47 bits per heavy atom. The molecule has 0 radical (unpaired) electrons. The van der Waals surface area contributed by atoms with Crippen LogP contribution in [0.1, 0.15) is 33.9 Å². The minimum Gasteiger partial charge on any atom is -0.294 e. The predicted molar refractivity (Wildman–Crippen MR) is 109 cm³/mol. The molecule has 0 unspecified atom stereocenters. The van der Waals surface area contributed by atoms with E-state index in [1.165, 1.54) is 6.20 Å². The van der Waals surface area contributed by atoms with Crippen LogP contribution < -0.4 is 4.72 Å². The molecule has 0 saturated heterocycles. The highest BCUT2D eigenvalue weighted by atomic mass is 35.5. The van der Waals surface area contributed by atoms with E-state index in [1.54, 1.807) is 24.5 Å². The van der Waals surface area contributed by atoms with Crippen LogP contribution in [0.5, 0.6) is 0 Å². The van der Waals surface area contributed by atoms with Crippen molar-refractivity contribution in [1.29, 1.82) is 0 Å². The van der Waals surface area contributed by atoms with Crippen LogP contribution in [0, 0.1) is 12.7 Å². The van der Waals surface area contributed by atoms with Gasteiger partial charge >= 0.3 is 0 Å². The number of hydrogen-bond acceptors (Lipinski definition) is 6. The quantitative estimate of drug-likeness (QED) is 0.530. The monoisotopic (exact) mass is 448 g/mol. The molecule has 0 spiro atoms. The zero-order valence-corrected chi connectivity index (χ0v) is 17.5. The summed E-state index contributed by atoms with van der Waals surface area (Å²) >= 11 is 5.64. The molecule has 10 heteroatoms. The molecule has 0 atom stereocenters. The van der Waals surface area contributed by atoms with Crippen LogP contribution in [0.15, 0.2) is 53.8 Å². The van der Waals surface area contributed by atoms with Gasteiger partial charge in [0, 0.05) is 30.6 Å². The molecule has 2 heterocycles. The largest absolute Gasteiger partial charge is 0.294 e. The SMILES string of the molecule is Cc1cnc(CCC(=O)c2ccc(CNS(=O)(=O)c3ccc(F)c(Cl)c3)nc2)cn1. The van der Waals surface area contributed by atoms with Gasteiger partial charge in [-0.1, -0.05) is 11.6 Å². The fraction of sp³-hybridized carbons (Fsp3) is 0.200. The third kappa shape index (κ3) is 5.65. The van der Waals surface area contributed by atoms with Crippen LogP contribution >= 0.6 is 11.6 Å². The first-order chi connectivity index (χ1) is 14.2. The van der Waals surface area contributed by atoms with E-state index in [-0.39, 0.29) is 28.7 Å². The first-order valence-corrected chi connectivity index (χ1v) is 10.8. The number of carbonyl (C=O) groups excluding carboxylic acids is 1. The molecule has 1 N–H and O–H groups in total. The molecular weight excluding hydrogens is 431 g/mol. The van der Waals surface area contributed by atoms with E-state index in [2.05, 4.69) is 19.7 Å². The van der Waals surface area contributed by atoms with Gasteiger partial charge in [-0.15, -0.1) is 0 Å². The Labute approximate surface area is 178 Å². The van der Waals surface area contributed by atoms with E-state index in [1.807, 2.05) is 6.92 Å². The maximum Gasteiger partial charge on any atom is 0.240 e. The number of benzene rings is 1. The number of aromatic nitrogens is 3. The molecule has 0 fully saturated rings. The molecule has 0 aliphatic carbocycles. The summed E-state index contributed by atoms with van der Waals surface area (Å²) in [5.74, 6) is -0.801. The smallest absolute Gasteiger partial charge is 0.240 e. The van der Waals surface area contributed by atoms with Gasteiger partial charge in [-0.3, -0.25) is 19.7 Å². The normalized spacial score (nSPS) is 11.4. The first-order valence-electron chi connectivity index (χ1n) is 8.95. The number of nitrogens with zero attached hydrogens (tertiary/aromatic N) is 3. The number of sulfonamides is 1. The molecule has 0 bridgehead atoms. The highest BCUT2D eigenvalue weighted by Crippen LogP contribution is 2.19. The van der Waals surface area contributed by atoms with Crippen molar-refractivity contribution in [2.24, 2.45) is 0 Å². The second kappa shape index (κ2) is 9.38. The molecule has 3 aromatic rings. The van der Waals surface area contributed by atoms with Gasteiger partial charge in [-0.25, -0.2) is 17.5 Å². The summed E-state index contributed by atoms with van der Waals surface area (Å²) in [7, 11) is -3.89. The molecule has 2 aromatic heterocycles. The molecule has 156 valence electrons. The first kappa shape index (κ1) is 21.9. The van der Waals surface area contributed by atoms with Gasteiger partial charge < -0.3 is 0 Å². The highest BCUT2D eigenvalue weighted by molar-refractivity contribution is 7.89. The second-order valence-corrected chi connectivity index (χ2v) is 8.69. The van der Waals surface area contributed by atoms with Crippen LogP contribution in [0.25, 0.3) is 0 Å². The van der Waals surface area contributed by atoms with Crippen molar-refractivity contribution in [3.63, 3.8) is 0 Å². The Balaban J connectivity index is 1.57. The van der Waals surface area contributed by atoms with Crippen molar-refractivity contribution in [3.05, 3.63) is 82.4 Å². The lowest BCUT2D eigenvalue weighted by Crippen LogP contribution is -2.23. The Morgan fingerprint density at radius 2 is 1.83 bits per heavy atom. The van der Waals surface area contributed by atoms with Crippen LogP contribution in [-0.2, 0) is 23.0 Å². The molecule has 0 aliphatic rings. The number of Topliss-reactive ketones (excluding diaryl/α,β-unsaturated/α-hetero) is 1. The van der Waals surface area contributed by atoms with Crippen molar-refractivity contribution < 1.29 is 17.6 Å². The van der Waals surface area contributed by atoms with Crippen LogP contribution in [-0.4, -0.2) is 29.2 Å². The van der Waals surface area contributed by atoms with E-state index < -0.39 is 15.8 Å². The van der Waals surface area contributed by atoms with Gasteiger partial charge in [0.2, 0.25) is 10.0 Å².